The number of ether oxygens (including phenoxy) is 2. The van der Waals surface area contributed by atoms with E-state index in [1.807, 2.05) is 0 Å². The topological polar surface area (TPSA) is 89.9 Å². The second kappa shape index (κ2) is 6.64. The van der Waals surface area contributed by atoms with E-state index in [4.69, 9.17) is 25.3 Å². The molecule has 0 spiro atoms. The van der Waals surface area contributed by atoms with Gasteiger partial charge in [0.1, 0.15) is 17.9 Å². The lowest BCUT2D eigenvalue weighted by atomic mass is 10.1. The molecule has 1 unspecified atom stereocenters. The number of aromatic carboxylic acids is 1. The Bertz CT molecular complexity index is 622. The summed E-state index contributed by atoms with van der Waals surface area (Å²) in [6, 6.07) is 3.50. The van der Waals surface area contributed by atoms with E-state index in [9.17, 15) is 13.2 Å². The normalized spacial score (nSPS) is 19.2. The zero-order valence-corrected chi connectivity index (χ0v) is 12.7. The van der Waals surface area contributed by atoms with Crippen molar-refractivity contribution in [3.05, 3.63) is 23.8 Å². The van der Waals surface area contributed by atoms with Crippen LogP contribution in [0.25, 0.3) is 0 Å². The molecule has 1 N–H and O–H groups in total. The minimum Gasteiger partial charge on any atom is -0.490 e. The molecule has 1 heterocycles. The molecule has 1 fully saturated rings. The van der Waals surface area contributed by atoms with E-state index in [1.165, 1.54) is 12.1 Å². The standard InChI is InChI=1S/C13H15ClO6S/c14-21(17,18)10-4-5-12(11(7-10)13(15)16)20-8-9-3-1-2-6-19-9/h4-5,7,9H,1-3,6,8H2,(H,15,16). The molecule has 1 saturated heterocycles. The number of benzene rings is 1. The molecule has 1 aliphatic heterocycles. The number of carboxylic acids is 1. The number of carbonyl (C=O) groups is 1. The minimum absolute atomic E-state index is 0.0724. The third-order valence-electron chi connectivity index (χ3n) is 3.16. The van der Waals surface area contributed by atoms with E-state index in [0.29, 0.717) is 6.61 Å². The van der Waals surface area contributed by atoms with Crippen molar-refractivity contribution >= 4 is 25.7 Å². The molecule has 6 nitrogen and oxygen atoms in total. The smallest absolute Gasteiger partial charge is 0.339 e. The number of hydrogen-bond donors (Lipinski definition) is 1. The molecule has 0 bridgehead atoms. The van der Waals surface area contributed by atoms with Crippen LogP contribution in [0.1, 0.15) is 29.6 Å². The van der Waals surface area contributed by atoms with Crippen molar-refractivity contribution in [1.82, 2.24) is 0 Å². The third kappa shape index (κ3) is 4.33. The molecule has 0 radical (unpaired) electrons. The summed E-state index contributed by atoms with van der Waals surface area (Å²) >= 11 is 0. The average molecular weight is 335 g/mol. The Kier molecular flexibility index (Phi) is 5.08. The highest BCUT2D eigenvalue weighted by atomic mass is 35.7. The Hall–Kier alpha value is -1.31. The van der Waals surface area contributed by atoms with Gasteiger partial charge < -0.3 is 14.6 Å². The molecule has 0 amide bonds. The highest BCUT2D eigenvalue weighted by Gasteiger charge is 2.20. The van der Waals surface area contributed by atoms with Crippen molar-refractivity contribution in [2.75, 3.05) is 13.2 Å². The Balaban J connectivity index is 2.16. The molecule has 2 rings (SSSR count). The van der Waals surface area contributed by atoms with E-state index in [1.54, 1.807) is 0 Å². The van der Waals surface area contributed by atoms with E-state index < -0.39 is 15.0 Å². The molecule has 1 aromatic carbocycles. The quantitative estimate of drug-likeness (QED) is 0.831. The van der Waals surface area contributed by atoms with Crippen molar-refractivity contribution in [1.29, 1.82) is 0 Å². The van der Waals surface area contributed by atoms with Gasteiger partial charge in [-0.1, -0.05) is 0 Å². The largest absolute Gasteiger partial charge is 0.490 e. The summed E-state index contributed by atoms with van der Waals surface area (Å²) in [5, 5.41) is 9.14. The second-order valence-electron chi connectivity index (χ2n) is 4.70. The van der Waals surface area contributed by atoms with Gasteiger partial charge in [0.15, 0.2) is 0 Å². The monoisotopic (exact) mass is 334 g/mol. The SMILES string of the molecule is O=C(O)c1cc(S(=O)(=O)Cl)ccc1OCC1CCCCO1. The van der Waals surface area contributed by atoms with Crippen molar-refractivity contribution in [3.63, 3.8) is 0 Å². The Morgan fingerprint density at radius 3 is 2.76 bits per heavy atom. The van der Waals surface area contributed by atoms with Gasteiger partial charge in [-0.3, -0.25) is 0 Å². The Morgan fingerprint density at radius 2 is 2.19 bits per heavy atom. The highest BCUT2D eigenvalue weighted by Crippen LogP contribution is 2.25. The van der Waals surface area contributed by atoms with Crippen molar-refractivity contribution < 1.29 is 27.8 Å². The van der Waals surface area contributed by atoms with Gasteiger partial charge in [-0.2, -0.15) is 0 Å². The van der Waals surface area contributed by atoms with Crippen LogP contribution in [-0.4, -0.2) is 38.8 Å². The van der Waals surface area contributed by atoms with Gasteiger partial charge in [0, 0.05) is 17.3 Å². The molecule has 0 aliphatic carbocycles. The first-order valence-corrected chi connectivity index (χ1v) is 8.75. The summed E-state index contributed by atoms with van der Waals surface area (Å²) < 4.78 is 33.4. The molecule has 8 heteroatoms. The molecule has 0 aromatic heterocycles. The van der Waals surface area contributed by atoms with Crippen LogP contribution >= 0.6 is 10.7 Å². The summed E-state index contributed by atoms with van der Waals surface area (Å²) in [6.45, 7) is 0.899. The van der Waals surface area contributed by atoms with Crippen LogP contribution in [0.5, 0.6) is 5.75 Å². The van der Waals surface area contributed by atoms with Gasteiger partial charge in [-0.25, -0.2) is 13.2 Å². The zero-order chi connectivity index (χ0) is 15.5. The van der Waals surface area contributed by atoms with Crippen molar-refractivity contribution in [3.8, 4) is 5.75 Å². The maximum absolute atomic E-state index is 11.2. The van der Waals surface area contributed by atoms with Gasteiger partial charge >= 0.3 is 5.97 Å². The van der Waals surface area contributed by atoms with Gasteiger partial charge in [-0.05, 0) is 37.5 Å². The lowest BCUT2D eigenvalue weighted by Gasteiger charge is -2.23. The second-order valence-corrected chi connectivity index (χ2v) is 7.27. The maximum Gasteiger partial charge on any atom is 0.339 e. The molecular weight excluding hydrogens is 320 g/mol. The van der Waals surface area contributed by atoms with Crippen LogP contribution in [0.15, 0.2) is 23.1 Å². The average Bonchev–Trinajstić information content (AvgIpc) is 2.45. The summed E-state index contributed by atoms with van der Waals surface area (Å²) in [7, 11) is 1.22. The van der Waals surface area contributed by atoms with Crippen LogP contribution in [-0.2, 0) is 13.8 Å². The maximum atomic E-state index is 11.2. The third-order valence-corrected chi connectivity index (χ3v) is 4.51. The summed E-state index contributed by atoms with van der Waals surface area (Å²) in [6.07, 6.45) is 2.84. The van der Waals surface area contributed by atoms with Gasteiger partial charge in [-0.15, -0.1) is 0 Å². The summed E-state index contributed by atoms with van der Waals surface area (Å²) in [5.41, 5.74) is -0.243. The number of halogens is 1. The molecule has 116 valence electrons. The minimum atomic E-state index is -3.98. The Labute approximate surface area is 127 Å². The van der Waals surface area contributed by atoms with Crippen LogP contribution < -0.4 is 4.74 Å². The Morgan fingerprint density at radius 1 is 1.43 bits per heavy atom. The zero-order valence-electron chi connectivity index (χ0n) is 11.1. The fourth-order valence-electron chi connectivity index (χ4n) is 2.08. The van der Waals surface area contributed by atoms with Gasteiger partial charge in [0.05, 0.1) is 11.0 Å². The fraction of sp³-hybridized carbons (Fsp3) is 0.462. The molecule has 1 atom stereocenters. The van der Waals surface area contributed by atoms with Crippen LogP contribution in [0.4, 0.5) is 0 Å². The fourth-order valence-corrected chi connectivity index (χ4v) is 2.85. The molecule has 1 aromatic rings. The predicted molar refractivity (Wildman–Crippen MR) is 75.5 cm³/mol. The van der Waals surface area contributed by atoms with Crippen LogP contribution in [0.2, 0.25) is 0 Å². The van der Waals surface area contributed by atoms with Crippen molar-refractivity contribution in [2.24, 2.45) is 0 Å². The van der Waals surface area contributed by atoms with Gasteiger partial charge in [0.25, 0.3) is 9.05 Å². The van der Waals surface area contributed by atoms with Crippen LogP contribution in [0.3, 0.4) is 0 Å². The van der Waals surface area contributed by atoms with E-state index >= 15 is 0 Å². The molecule has 0 saturated carbocycles. The lowest BCUT2D eigenvalue weighted by molar-refractivity contribution is -0.0113. The first-order valence-electron chi connectivity index (χ1n) is 6.44. The number of hydrogen-bond acceptors (Lipinski definition) is 5. The highest BCUT2D eigenvalue weighted by molar-refractivity contribution is 8.13. The van der Waals surface area contributed by atoms with Crippen LogP contribution in [0, 0.1) is 0 Å². The summed E-state index contributed by atoms with van der Waals surface area (Å²) in [5.74, 6) is -1.18. The summed E-state index contributed by atoms with van der Waals surface area (Å²) in [4.78, 5) is 10.9. The van der Waals surface area contributed by atoms with Crippen molar-refractivity contribution in [2.45, 2.75) is 30.3 Å². The first-order chi connectivity index (χ1) is 9.88. The first kappa shape index (κ1) is 16.1. The molecule has 1 aliphatic rings. The van der Waals surface area contributed by atoms with E-state index in [2.05, 4.69) is 0 Å². The lowest BCUT2D eigenvalue weighted by Crippen LogP contribution is -2.26. The number of rotatable bonds is 5. The molecular formula is C13H15ClO6S. The van der Waals surface area contributed by atoms with E-state index in [-0.39, 0.29) is 28.9 Å². The predicted octanol–water partition coefficient (Wildman–Crippen LogP) is 2.26. The van der Waals surface area contributed by atoms with E-state index in [0.717, 1.165) is 25.3 Å². The number of carboxylic acid groups (broad SMARTS) is 1. The molecule has 21 heavy (non-hydrogen) atoms. The van der Waals surface area contributed by atoms with Gasteiger partial charge in [0.2, 0.25) is 0 Å².